The molecule has 0 aliphatic heterocycles. The zero-order valence-electron chi connectivity index (χ0n) is 8.00. The lowest BCUT2D eigenvalue weighted by Gasteiger charge is -1.99. The summed E-state index contributed by atoms with van der Waals surface area (Å²) < 4.78 is 25.9. The van der Waals surface area contributed by atoms with E-state index in [1.165, 1.54) is 23.5 Å². The predicted molar refractivity (Wildman–Crippen MR) is 53.8 cm³/mol. The van der Waals surface area contributed by atoms with Crippen LogP contribution in [0.4, 0.5) is 8.78 Å². The molecule has 0 amide bonds. The lowest BCUT2D eigenvalue weighted by atomic mass is 10.1. The number of nitrogens with zero attached hydrogens (tertiary/aromatic N) is 2. The van der Waals surface area contributed by atoms with Crippen molar-refractivity contribution in [2.75, 3.05) is 0 Å². The second-order valence-corrected chi connectivity index (χ2v) is 4.39. The minimum Gasteiger partial charge on any atom is -0.207 e. The Morgan fingerprint density at radius 1 is 1.27 bits per heavy atom. The van der Waals surface area contributed by atoms with E-state index in [9.17, 15) is 8.78 Å². The number of hydrogen-bond donors (Lipinski definition) is 0. The van der Waals surface area contributed by atoms with E-state index in [4.69, 9.17) is 0 Å². The van der Waals surface area contributed by atoms with E-state index in [2.05, 4.69) is 10.2 Å². The fourth-order valence-corrected chi connectivity index (χ4v) is 1.97. The van der Waals surface area contributed by atoms with Gasteiger partial charge in [-0.1, -0.05) is 6.07 Å². The van der Waals surface area contributed by atoms with Crippen LogP contribution in [0.3, 0.4) is 0 Å². The Labute approximate surface area is 89.6 Å². The van der Waals surface area contributed by atoms with Crippen LogP contribution < -0.4 is 0 Å². The molecule has 15 heavy (non-hydrogen) atoms. The van der Waals surface area contributed by atoms with Gasteiger partial charge in [0.25, 0.3) is 0 Å². The average Bonchev–Trinajstić information content (AvgIpc) is 2.56. The quantitative estimate of drug-likeness (QED) is 0.786. The van der Waals surface area contributed by atoms with Crippen molar-refractivity contribution in [1.29, 1.82) is 0 Å². The molecule has 2 aromatic rings. The molecule has 1 aromatic heterocycles. The van der Waals surface area contributed by atoms with Crippen LogP contribution in [0.2, 0.25) is 0 Å². The van der Waals surface area contributed by atoms with E-state index in [-0.39, 0.29) is 0 Å². The lowest BCUT2D eigenvalue weighted by molar-refractivity contribution is 0.574. The van der Waals surface area contributed by atoms with Crippen LogP contribution in [0.1, 0.15) is 15.6 Å². The third-order valence-electron chi connectivity index (χ3n) is 1.92. The van der Waals surface area contributed by atoms with Gasteiger partial charge in [-0.05, 0) is 18.6 Å². The Morgan fingerprint density at radius 2 is 2.07 bits per heavy atom. The first kappa shape index (κ1) is 10.2. The van der Waals surface area contributed by atoms with Crippen LogP contribution in [0, 0.1) is 18.6 Å². The maximum Gasteiger partial charge on any atom is 0.129 e. The van der Waals surface area contributed by atoms with Crippen LogP contribution in [-0.4, -0.2) is 10.2 Å². The van der Waals surface area contributed by atoms with E-state index in [0.29, 0.717) is 12.0 Å². The van der Waals surface area contributed by atoms with E-state index in [1.54, 1.807) is 0 Å². The average molecular weight is 226 g/mol. The number of aryl methyl sites for hydroxylation is 1. The molecule has 0 bridgehead atoms. The fourth-order valence-electron chi connectivity index (χ4n) is 1.24. The smallest absolute Gasteiger partial charge is 0.129 e. The molecule has 0 aliphatic rings. The van der Waals surface area contributed by atoms with Crippen molar-refractivity contribution < 1.29 is 8.78 Å². The minimum absolute atomic E-state index is 0.359. The fraction of sp³-hybridized carbons (Fsp3) is 0.200. The highest BCUT2D eigenvalue weighted by molar-refractivity contribution is 7.11. The van der Waals surface area contributed by atoms with Gasteiger partial charge in [-0.25, -0.2) is 8.78 Å². The van der Waals surface area contributed by atoms with Gasteiger partial charge >= 0.3 is 0 Å². The zero-order valence-corrected chi connectivity index (χ0v) is 8.81. The molecule has 0 unspecified atom stereocenters. The first-order valence-corrected chi connectivity index (χ1v) is 5.20. The number of benzene rings is 1. The van der Waals surface area contributed by atoms with Gasteiger partial charge in [0.15, 0.2) is 0 Å². The Morgan fingerprint density at radius 3 is 2.67 bits per heavy atom. The molecule has 0 spiro atoms. The third kappa shape index (κ3) is 2.36. The lowest BCUT2D eigenvalue weighted by Crippen LogP contribution is -1.93. The first-order valence-electron chi connectivity index (χ1n) is 4.38. The molecule has 0 radical (unpaired) electrons. The molecule has 0 saturated carbocycles. The molecular formula is C10H8F2N2S. The van der Waals surface area contributed by atoms with Gasteiger partial charge in [-0.2, -0.15) is 0 Å². The molecule has 2 nitrogen and oxygen atoms in total. The zero-order chi connectivity index (χ0) is 10.8. The van der Waals surface area contributed by atoms with Crippen molar-refractivity contribution in [2.24, 2.45) is 0 Å². The predicted octanol–water partition coefficient (Wildman–Crippen LogP) is 2.72. The normalized spacial score (nSPS) is 10.6. The maximum atomic E-state index is 13.3. The van der Waals surface area contributed by atoms with Crippen molar-refractivity contribution >= 4 is 11.3 Å². The standard InChI is InChI=1S/C10H8F2N2S/c1-6-13-14-10(15-6)4-7-2-3-8(11)5-9(7)12/h2-3,5H,4H2,1H3. The molecular weight excluding hydrogens is 218 g/mol. The number of aromatic nitrogens is 2. The monoisotopic (exact) mass is 226 g/mol. The molecule has 0 aliphatic carbocycles. The molecule has 0 N–H and O–H groups in total. The van der Waals surface area contributed by atoms with E-state index >= 15 is 0 Å². The van der Waals surface area contributed by atoms with Gasteiger partial charge in [0, 0.05) is 12.5 Å². The van der Waals surface area contributed by atoms with Crippen molar-refractivity contribution in [3.8, 4) is 0 Å². The summed E-state index contributed by atoms with van der Waals surface area (Å²) in [6.45, 7) is 1.84. The summed E-state index contributed by atoms with van der Waals surface area (Å²) in [5, 5.41) is 9.29. The maximum absolute atomic E-state index is 13.3. The summed E-state index contributed by atoms with van der Waals surface area (Å²) in [6.07, 6.45) is 0.359. The molecule has 0 saturated heterocycles. The van der Waals surface area contributed by atoms with Gasteiger partial charge in [0.1, 0.15) is 21.6 Å². The van der Waals surface area contributed by atoms with Crippen LogP contribution in [0.15, 0.2) is 18.2 Å². The van der Waals surface area contributed by atoms with Crippen LogP contribution in [0.5, 0.6) is 0 Å². The Hall–Kier alpha value is -1.36. The van der Waals surface area contributed by atoms with E-state index in [0.717, 1.165) is 16.1 Å². The molecule has 2 rings (SSSR count). The molecule has 5 heteroatoms. The van der Waals surface area contributed by atoms with Gasteiger partial charge < -0.3 is 0 Å². The van der Waals surface area contributed by atoms with Gasteiger partial charge in [-0.3, -0.25) is 0 Å². The molecule has 1 aromatic carbocycles. The molecule has 78 valence electrons. The van der Waals surface area contributed by atoms with Gasteiger partial charge in [-0.15, -0.1) is 21.5 Å². The summed E-state index contributed by atoms with van der Waals surface area (Å²) in [7, 11) is 0. The third-order valence-corrected chi connectivity index (χ3v) is 2.76. The summed E-state index contributed by atoms with van der Waals surface area (Å²) in [6, 6.07) is 3.55. The molecule has 0 atom stereocenters. The van der Waals surface area contributed by atoms with E-state index < -0.39 is 11.6 Å². The van der Waals surface area contributed by atoms with Crippen molar-refractivity contribution in [2.45, 2.75) is 13.3 Å². The largest absolute Gasteiger partial charge is 0.207 e. The number of hydrogen-bond acceptors (Lipinski definition) is 3. The van der Waals surface area contributed by atoms with E-state index in [1.807, 2.05) is 6.92 Å². The first-order chi connectivity index (χ1) is 7.15. The summed E-state index contributed by atoms with van der Waals surface area (Å²) in [4.78, 5) is 0. The number of rotatable bonds is 2. The highest BCUT2D eigenvalue weighted by Gasteiger charge is 2.07. The van der Waals surface area contributed by atoms with Crippen molar-refractivity contribution in [3.63, 3.8) is 0 Å². The summed E-state index contributed by atoms with van der Waals surface area (Å²) in [5.41, 5.74) is 0.438. The van der Waals surface area contributed by atoms with Gasteiger partial charge in [0.2, 0.25) is 0 Å². The van der Waals surface area contributed by atoms with Crippen molar-refractivity contribution in [3.05, 3.63) is 45.4 Å². The topological polar surface area (TPSA) is 25.8 Å². The molecule has 1 heterocycles. The second kappa shape index (κ2) is 4.02. The van der Waals surface area contributed by atoms with Gasteiger partial charge in [0.05, 0.1) is 0 Å². The minimum atomic E-state index is -0.565. The Bertz CT molecular complexity index is 482. The summed E-state index contributed by atoms with van der Waals surface area (Å²) >= 11 is 1.41. The highest BCUT2D eigenvalue weighted by atomic mass is 32.1. The Balaban J connectivity index is 2.24. The highest BCUT2D eigenvalue weighted by Crippen LogP contribution is 2.17. The molecule has 0 fully saturated rings. The number of halogens is 2. The van der Waals surface area contributed by atoms with Crippen molar-refractivity contribution in [1.82, 2.24) is 10.2 Å². The SMILES string of the molecule is Cc1nnc(Cc2ccc(F)cc2F)s1. The summed E-state index contributed by atoms with van der Waals surface area (Å²) in [5.74, 6) is -1.10. The van der Waals surface area contributed by atoms with Crippen LogP contribution in [-0.2, 0) is 6.42 Å². The second-order valence-electron chi connectivity index (χ2n) is 3.13. The Kier molecular flexibility index (Phi) is 2.73. The van der Waals surface area contributed by atoms with Crippen LogP contribution >= 0.6 is 11.3 Å². The van der Waals surface area contributed by atoms with Crippen LogP contribution in [0.25, 0.3) is 0 Å².